The molecule has 0 aliphatic carbocycles. The normalized spacial score (nSPS) is 10.2. The fraction of sp³-hybridized carbons (Fsp3) is 0. The van der Waals surface area contributed by atoms with Crippen LogP contribution in [0.2, 0.25) is 5.15 Å². The molecular formula is C12H6BrClFN3O3. The van der Waals surface area contributed by atoms with E-state index in [0.29, 0.717) is 0 Å². The molecule has 6 nitrogen and oxygen atoms in total. The summed E-state index contributed by atoms with van der Waals surface area (Å²) < 4.78 is 13.6. The molecule has 0 spiro atoms. The maximum Gasteiger partial charge on any atom is 0.288 e. The number of hydrogen-bond acceptors (Lipinski definition) is 4. The molecule has 1 heterocycles. The zero-order valence-electron chi connectivity index (χ0n) is 10.1. The molecule has 0 saturated carbocycles. The number of amides is 1. The number of pyridine rings is 1. The summed E-state index contributed by atoms with van der Waals surface area (Å²) in [5.41, 5.74) is -0.357. The van der Waals surface area contributed by atoms with E-state index < -0.39 is 16.6 Å². The van der Waals surface area contributed by atoms with Crippen LogP contribution < -0.4 is 5.32 Å². The molecule has 9 heteroatoms. The van der Waals surface area contributed by atoms with Crippen molar-refractivity contribution in [2.45, 2.75) is 0 Å². The maximum absolute atomic E-state index is 13.4. The largest absolute Gasteiger partial charge is 0.322 e. The first-order chi connectivity index (χ1) is 9.88. The lowest BCUT2D eigenvalue weighted by molar-refractivity contribution is -0.385. The predicted molar refractivity (Wildman–Crippen MR) is 78.0 cm³/mol. The lowest BCUT2D eigenvalue weighted by atomic mass is 10.2. The Kier molecular flexibility index (Phi) is 4.49. The number of benzene rings is 1. The molecular weight excluding hydrogens is 369 g/mol. The fourth-order valence-corrected chi connectivity index (χ4v) is 1.90. The van der Waals surface area contributed by atoms with Crippen molar-refractivity contribution in [3.8, 4) is 0 Å². The second-order valence-corrected chi connectivity index (χ2v) is 5.08. The van der Waals surface area contributed by atoms with Crippen LogP contribution in [0.5, 0.6) is 0 Å². The van der Waals surface area contributed by atoms with Gasteiger partial charge >= 0.3 is 0 Å². The van der Waals surface area contributed by atoms with E-state index in [1.54, 1.807) is 0 Å². The lowest BCUT2D eigenvalue weighted by Crippen LogP contribution is -2.13. The molecule has 0 fully saturated rings. The highest BCUT2D eigenvalue weighted by Gasteiger charge is 2.17. The van der Waals surface area contributed by atoms with Gasteiger partial charge in [0.1, 0.15) is 17.2 Å². The zero-order valence-corrected chi connectivity index (χ0v) is 12.5. The number of hydrogen-bond donors (Lipinski definition) is 1. The number of anilines is 1. The molecule has 108 valence electrons. The number of carbonyl (C=O) groups is 1. The van der Waals surface area contributed by atoms with Crippen molar-refractivity contribution < 1.29 is 14.1 Å². The van der Waals surface area contributed by atoms with Crippen molar-refractivity contribution in [2.75, 3.05) is 5.32 Å². The number of carbonyl (C=O) groups excluding carboxylic acids is 1. The van der Waals surface area contributed by atoms with Crippen LogP contribution in [-0.2, 0) is 0 Å². The van der Waals surface area contributed by atoms with E-state index in [-0.39, 0.29) is 26.6 Å². The summed E-state index contributed by atoms with van der Waals surface area (Å²) >= 11 is 8.73. The van der Waals surface area contributed by atoms with Gasteiger partial charge in [-0.1, -0.05) is 11.6 Å². The highest BCUT2D eigenvalue weighted by molar-refractivity contribution is 9.10. The van der Waals surface area contributed by atoms with Gasteiger partial charge < -0.3 is 5.32 Å². The van der Waals surface area contributed by atoms with Gasteiger partial charge in [-0.2, -0.15) is 0 Å². The van der Waals surface area contributed by atoms with Crippen molar-refractivity contribution in [2.24, 2.45) is 0 Å². The minimum absolute atomic E-state index is 0.172. The summed E-state index contributed by atoms with van der Waals surface area (Å²) in [6, 6.07) is 4.97. The predicted octanol–water partition coefficient (Wildman–Crippen LogP) is 3.80. The molecule has 2 rings (SSSR count). The second-order valence-electron chi connectivity index (χ2n) is 3.87. The van der Waals surface area contributed by atoms with Gasteiger partial charge in [-0.15, -0.1) is 0 Å². The van der Waals surface area contributed by atoms with Gasteiger partial charge in [0.2, 0.25) is 0 Å². The maximum atomic E-state index is 13.4. The van der Waals surface area contributed by atoms with Crippen molar-refractivity contribution in [1.29, 1.82) is 0 Å². The Hall–Kier alpha value is -2.06. The minimum Gasteiger partial charge on any atom is -0.322 e. The van der Waals surface area contributed by atoms with E-state index in [1.165, 1.54) is 12.1 Å². The second kappa shape index (κ2) is 6.15. The summed E-state index contributed by atoms with van der Waals surface area (Å²) in [4.78, 5) is 25.6. The van der Waals surface area contributed by atoms with Crippen molar-refractivity contribution in [3.63, 3.8) is 0 Å². The quantitative estimate of drug-likeness (QED) is 0.503. The van der Waals surface area contributed by atoms with Crippen molar-refractivity contribution in [1.82, 2.24) is 4.98 Å². The minimum atomic E-state index is -0.724. The van der Waals surface area contributed by atoms with E-state index >= 15 is 0 Å². The molecule has 1 aromatic carbocycles. The standard InChI is InChI=1S/C12H6BrClFN3O3/c13-9-2-1-6(3-10(9)15)17-12(19)8-4-7(18(20)21)5-16-11(8)14/h1-5H,(H,17,19). The van der Waals surface area contributed by atoms with Crippen LogP contribution in [0.3, 0.4) is 0 Å². The molecule has 0 radical (unpaired) electrons. The first kappa shape index (κ1) is 15.3. The van der Waals surface area contributed by atoms with Crippen LogP contribution in [0.4, 0.5) is 15.8 Å². The van der Waals surface area contributed by atoms with Crippen LogP contribution >= 0.6 is 27.5 Å². The molecule has 0 atom stereocenters. The average molecular weight is 375 g/mol. The van der Waals surface area contributed by atoms with Gasteiger partial charge in [0, 0.05) is 11.8 Å². The number of halogens is 3. The summed E-state index contributed by atoms with van der Waals surface area (Å²) in [6.07, 6.45) is 0.943. The van der Waals surface area contributed by atoms with Crippen LogP contribution in [0.1, 0.15) is 10.4 Å². The Morgan fingerprint density at radius 3 is 2.76 bits per heavy atom. The van der Waals surface area contributed by atoms with Crippen LogP contribution in [0.15, 0.2) is 34.9 Å². The number of nitrogens with one attached hydrogen (secondary N) is 1. The van der Waals surface area contributed by atoms with Crippen LogP contribution in [0.25, 0.3) is 0 Å². The van der Waals surface area contributed by atoms with Gasteiger partial charge in [-0.05, 0) is 34.1 Å². The third-order valence-electron chi connectivity index (χ3n) is 2.46. The summed E-state index contributed by atoms with van der Waals surface area (Å²) in [6.45, 7) is 0. The fourth-order valence-electron chi connectivity index (χ4n) is 1.47. The highest BCUT2D eigenvalue weighted by Crippen LogP contribution is 2.22. The van der Waals surface area contributed by atoms with Crippen molar-refractivity contribution in [3.05, 3.63) is 61.6 Å². The molecule has 21 heavy (non-hydrogen) atoms. The Morgan fingerprint density at radius 2 is 2.14 bits per heavy atom. The summed E-state index contributed by atoms with van der Waals surface area (Å²) in [5.74, 6) is -1.28. The molecule has 0 unspecified atom stereocenters. The number of rotatable bonds is 3. The number of nitro groups is 1. The molecule has 0 saturated heterocycles. The van der Waals surface area contributed by atoms with E-state index in [4.69, 9.17) is 11.6 Å². The van der Waals surface area contributed by atoms with E-state index in [1.807, 2.05) is 0 Å². The van der Waals surface area contributed by atoms with Gasteiger partial charge in [0.25, 0.3) is 11.6 Å². The zero-order chi connectivity index (χ0) is 15.6. The van der Waals surface area contributed by atoms with Gasteiger partial charge in [-0.3, -0.25) is 14.9 Å². The van der Waals surface area contributed by atoms with E-state index in [2.05, 4.69) is 26.2 Å². The van der Waals surface area contributed by atoms with Crippen LogP contribution in [0, 0.1) is 15.9 Å². The molecule has 1 amide bonds. The summed E-state index contributed by atoms with van der Waals surface area (Å²) in [5, 5.41) is 12.9. The molecule has 2 aromatic rings. The molecule has 1 aromatic heterocycles. The Balaban J connectivity index is 2.29. The monoisotopic (exact) mass is 373 g/mol. The highest BCUT2D eigenvalue weighted by atomic mass is 79.9. The van der Waals surface area contributed by atoms with Gasteiger partial charge in [-0.25, -0.2) is 9.37 Å². The van der Waals surface area contributed by atoms with Gasteiger partial charge in [0.15, 0.2) is 0 Å². The lowest BCUT2D eigenvalue weighted by Gasteiger charge is -2.07. The Labute approximate surface area is 131 Å². The third-order valence-corrected chi connectivity index (χ3v) is 3.40. The van der Waals surface area contributed by atoms with E-state index in [0.717, 1.165) is 18.3 Å². The Morgan fingerprint density at radius 1 is 1.43 bits per heavy atom. The average Bonchev–Trinajstić information content (AvgIpc) is 2.43. The first-order valence-corrected chi connectivity index (χ1v) is 6.62. The van der Waals surface area contributed by atoms with E-state index in [9.17, 15) is 19.3 Å². The van der Waals surface area contributed by atoms with Crippen molar-refractivity contribution >= 4 is 44.8 Å². The van der Waals surface area contributed by atoms with Crippen LogP contribution in [-0.4, -0.2) is 15.8 Å². The SMILES string of the molecule is O=C(Nc1ccc(Br)c(F)c1)c1cc([N+](=O)[O-])cnc1Cl. The topological polar surface area (TPSA) is 85.1 Å². The molecule has 0 aliphatic heterocycles. The molecule has 0 bridgehead atoms. The third kappa shape index (κ3) is 3.53. The number of aromatic nitrogens is 1. The number of nitrogens with zero attached hydrogens (tertiary/aromatic N) is 2. The summed E-state index contributed by atoms with van der Waals surface area (Å²) in [7, 11) is 0. The molecule has 1 N–H and O–H groups in total. The molecule has 0 aliphatic rings. The Bertz CT molecular complexity index is 742. The van der Waals surface area contributed by atoms with Gasteiger partial charge in [0.05, 0.1) is 15.0 Å². The smallest absolute Gasteiger partial charge is 0.288 e. The first-order valence-electron chi connectivity index (χ1n) is 5.45.